The molecule has 176 valence electrons. The van der Waals surface area contributed by atoms with Gasteiger partial charge < -0.3 is 23.8 Å². The molecule has 1 atom stereocenters. The van der Waals surface area contributed by atoms with E-state index in [0.717, 1.165) is 49.2 Å². The maximum Gasteiger partial charge on any atom is 0.410 e. The van der Waals surface area contributed by atoms with Crippen molar-refractivity contribution in [1.29, 1.82) is 0 Å². The van der Waals surface area contributed by atoms with E-state index in [-0.39, 0.29) is 6.09 Å². The van der Waals surface area contributed by atoms with E-state index in [1.807, 2.05) is 38.1 Å². The number of hydrogen-bond acceptors (Lipinski definition) is 5. The van der Waals surface area contributed by atoms with E-state index in [4.69, 9.17) is 9.47 Å². The van der Waals surface area contributed by atoms with Crippen molar-refractivity contribution in [2.24, 2.45) is 0 Å². The molecule has 0 spiro atoms. The van der Waals surface area contributed by atoms with Gasteiger partial charge in [-0.1, -0.05) is 0 Å². The number of hydrogen-bond donors (Lipinski definition) is 0. The Bertz CT molecular complexity index is 912. The van der Waals surface area contributed by atoms with Gasteiger partial charge in [-0.2, -0.15) is 0 Å². The lowest BCUT2D eigenvalue weighted by Gasteiger charge is -2.34. The lowest BCUT2D eigenvalue weighted by atomic mass is 10.0. The molecule has 2 aliphatic heterocycles. The second-order valence-corrected chi connectivity index (χ2v) is 10.2. The number of piperidine rings is 1. The first-order valence-electron chi connectivity index (χ1n) is 12.1. The van der Waals surface area contributed by atoms with Crippen LogP contribution in [0.15, 0.2) is 24.5 Å². The summed E-state index contributed by atoms with van der Waals surface area (Å²) in [5, 5.41) is 0. The van der Waals surface area contributed by atoms with Gasteiger partial charge in [0.25, 0.3) is 0 Å². The molecular weight excluding hydrogens is 404 g/mol. The Hall–Kier alpha value is -2.28. The average molecular weight is 443 g/mol. The molecule has 0 N–H and O–H groups in total. The number of likely N-dealkylation sites (tertiary alicyclic amines) is 2. The number of benzene rings is 1. The number of fused-ring (bicyclic) bond motifs is 1. The number of ether oxygens (including phenoxy) is 2. The summed E-state index contributed by atoms with van der Waals surface area (Å²) in [7, 11) is 0. The summed E-state index contributed by atoms with van der Waals surface area (Å²) in [5.41, 5.74) is 1.63. The molecule has 1 amide bonds. The summed E-state index contributed by atoms with van der Waals surface area (Å²) in [4.78, 5) is 21.3. The molecule has 2 saturated heterocycles. The normalized spacial score (nSPS) is 20.8. The minimum atomic E-state index is -0.457. The van der Waals surface area contributed by atoms with Crippen LogP contribution in [-0.4, -0.2) is 69.9 Å². The smallest absolute Gasteiger partial charge is 0.410 e. The number of rotatable bonds is 6. The molecule has 2 aliphatic rings. The molecule has 7 nitrogen and oxygen atoms in total. The van der Waals surface area contributed by atoms with E-state index >= 15 is 0 Å². The highest BCUT2D eigenvalue weighted by Gasteiger charge is 2.28. The molecule has 2 aromatic rings. The first-order chi connectivity index (χ1) is 15.3. The van der Waals surface area contributed by atoms with Gasteiger partial charge in [0.1, 0.15) is 11.4 Å². The fourth-order valence-electron chi connectivity index (χ4n) is 4.83. The summed E-state index contributed by atoms with van der Waals surface area (Å²) in [6.07, 6.45) is 7.20. The third kappa shape index (κ3) is 5.55. The molecule has 4 rings (SSSR count). The van der Waals surface area contributed by atoms with Crippen LogP contribution in [0.3, 0.4) is 0 Å². The third-order valence-electron chi connectivity index (χ3n) is 6.60. The molecule has 7 heteroatoms. The Morgan fingerprint density at radius 1 is 1.16 bits per heavy atom. The van der Waals surface area contributed by atoms with E-state index in [0.29, 0.717) is 25.2 Å². The van der Waals surface area contributed by atoms with Crippen LogP contribution in [0.2, 0.25) is 0 Å². The molecule has 0 aliphatic carbocycles. The molecule has 1 aromatic heterocycles. The second-order valence-electron chi connectivity index (χ2n) is 10.2. The van der Waals surface area contributed by atoms with Crippen molar-refractivity contribution in [3.63, 3.8) is 0 Å². The molecule has 2 fully saturated rings. The summed E-state index contributed by atoms with van der Waals surface area (Å²) >= 11 is 0. The number of imidazole rings is 1. The van der Waals surface area contributed by atoms with Gasteiger partial charge in [0, 0.05) is 37.8 Å². The van der Waals surface area contributed by atoms with Crippen LogP contribution in [0, 0.1) is 0 Å². The molecule has 0 radical (unpaired) electrons. The van der Waals surface area contributed by atoms with Crippen molar-refractivity contribution < 1.29 is 14.3 Å². The quantitative estimate of drug-likeness (QED) is 0.598. The molecular formula is C25H38N4O3. The highest BCUT2D eigenvalue weighted by atomic mass is 16.6. The van der Waals surface area contributed by atoms with Gasteiger partial charge in [-0.25, -0.2) is 9.78 Å². The van der Waals surface area contributed by atoms with Crippen LogP contribution in [0.4, 0.5) is 4.79 Å². The molecule has 1 aromatic carbocycles. The SMILES string of the molecule is C[C@@H]1CCCN1CCCOc1ccc2c(c1)ncn2C1CCN(C(=O)OC(C)(C)C)CC1. The van der Waals surface area contributed by atoms with E-state index in [9.17, 15) is 4.79 Å². The fraction of sp³-hybridized carbons (Fsp3) is 0.680. The van der Waals surface area contributed by atoms with Crippen molar-refractivity contribution in [1.82, 2.24) is 19.4 Å². The number of carbonyl (C=O) groups is 1. The zero-order chi connectivity index (χ0) is 22.7. The van der Waals surface area contributed by atoms with Gasteiger partial charge in [0.05, 0.1) is 24.0 Å². The van der Waals surface area contributed by atoms with Crippen molar-refractivity contribution in [3.05, 3.63) is 24.5 Å². The Balaban J connectivity index is 1.29. The molecule has 0 unspecified atom stereocenters. The van der Waals surface area contributed by atoms with Gasteiger partial charge >= 0.3 is 6.09 Å². The minimum Gasteiger partial charge on any atom is -0.493 e. The lowest BCUT2D eigenvalue weighted by molar-refractivity contribution is 0.0189. The van der Waals surface area contributed by atoms with Crippen molar-refractivity contribution in [2.75, 3.05) is 32.8 Å². The number of nitrogens with zero attached hydrogens (tertiary/aromatic N) is 4. The topological polar surface area (TPSA) is 59.8 Å². The lowest BCUT2D eigenvalue weighted by Crippen LogP contribution is -2.42. The van der Waals surface area contributed by atoms with Gasteiger partial charge in [-0.3, -0.25) is 0 Å². The second kappa shape index (κ2) is 9.69. The van der Waals surface area contributed by atoms with Crippen LogP contribution in [0.25, 0.3) is 11.0 Å². The molecule has 0 bridgehead atoms. The number of carbonyl (C=O) groups excluding carboxylic acids is 1. The van der Waals surface area contributed by atoms with Gasteiger partial charge in [-0.15, -0.1) is 0 Å². The Kier molecular flexibility index (Phi) is 6.93. The predicted octanol–water partition coefficient (Wildman–Crippen LogP) is 4.86. The molecule has 0 saturated carbocycles. The maximum absolute atomic E-state index is 12.3. The van der Waals surface area contributed by atoms with Crippen LogP contribution in [0.1, 0.15) is 65.8 Å². The average Bonchev–Trinajstić information content (AvgIpc) is 3.35. The first-order valence-corrected chi connectivity index (χ1v) is 12.1. The maximum atomic E-state index is 12.3. The van der Waals surface area contributed by atoms with Crippen LogP contribution in [-0.2, 0) is 4.74 Å². The zero-order valence-electron chi connectivity index (χ0n) is 20.0. The summed E-state index contributed by atoms with van der Waals surface area (Å²) in [6, 6.07) is 7.26. The first kappa shape index (κ1) is 22.9. The molecule has 3 heterocycles. The zero-order valence-corrected chi connectivity index (χ0v) is 20.0. The highest BCUT2D eigenvalue weighted by molar-refractivity contribution is 5.77. The Labute approximate surface area is 191 Å². The van der Waals surface area contributed by atoms with Gasteiger partial charge in [0.15, 0.2) is 0 Å². The minimum absolute atomic E-state index is 0.215. The summed E-state index contributed by atoms with van der Waals surface area (Å²) in [6.45, 7) is 12.5. The number of aromatic nitrogens is 2. The Morgan fingerprint density at radius 2 is 1.94 bits per heavy atom. The van der Waals surface area contributed by atoms with Gasteiger partial charge in [0.2, 0.25) is 0 Å². The predicted molar refractivity (Wildman–Crippen MR) is 126 cm³/mol. The monoisotopic (exact) mass is 442 g/mol. The summed E-state index contributed by atoms with van der Waals surface area (Å²) < 4.78 is 13.8. The Morgan fingerprint density at radius 3 is 2.62 bits per heavy atom. The van der Waals surface area contributed by atoms with E-state index in [2.05, 4.69) is 33.5 Å². The van der Waals surface area contributed by atoms with Crippen LogP contribution >= 0.6 is 0 Å². The molecule has 32 heavy (non-hydrogen) atoms. The van der Waals surface area contributed by atoms with Crippen LogP contribution < -0.4 is 4.74 Å². The fourth-order valence-corrected chi connectivity index (χ4v) is 4.83. The van der Waals surface area contributed by atoms with Crippen molar-refractivity contribution >= 4 is 17.1 Å². The standard InChI is InChI=1S/C25H38N4O3/c1-19-7-5-12-27(19)13-6-16-31-21-8-9-23-22(17-21)26-18-29(23)20-10-14-28(15-11-20)24(30)32-25(2,3)4/h8-9,17-20H,5-7,10-16H2,1-4H3/t19-/m1/s1. The number of amides is 1. The third-order valence-corrected chi connectivity index (χ3v) is 6.60. The van der Waals surface area contributed by atoms with Crippen LogP contribution in [0.5, 0.6) is 5.75 Å². The van der Waals surface area contributed by atoms with Crippen molar-refractivity contribution in [3.8, 4) is 5.75 Å². The van der Waals surface area contributed by atoms with Gasteiger partial charge in [-0.05, 0) is 78.5 Å². The van der Waals surface area contributed by atoms with Crippen molar-refractivity contribution in [2.45, 2.75) is 77.5 Å². The summed E-state index contributed by atoms with van der Waals surface area (Å²) in [5.74, 6) is 0.886. The largest absolute Gasteiger partial charge is 0.493 e. The highest BCUT2D eigenvalue weighted by Crippen LogP contribution is 2.29. The van der Waals surface area contributed by atoms with E-state index in [1.54, 1.807) is 0 Å². The van der Waals surface area contributed by atoms with E-state index in [1.165, 1.54) is 19.4 Å². The van der Waals surface area contributed by atoms with E-state index < -0.39 is 5.60 Å².